The third-order valence-corrected chi connectivity index (χ3v) is 5.09. The average molecular weight is 361 g/mol. The molecule has 1 aliphatic heterocycles. The lowest BCUT2D eigenvalue weighted by atomic mass is 10.1. The molecular formula is C17H13ClN2O3S. The lowest BCUT2D eigenvalue weighted by Crippen LogP contribution is -2.52. The van der Waals surface area contributed by atoms with Crippen molar-refractivity contribution in [2.24, 2.45) is 0 Å². The molecule has 24 heavy (non-hydrogen) atoms. The van der Waals surface area contributed by atoms with E-state index in [0.29, 0.717) is 5.02 Å². The fourth-order valence-corrected chi connectivity index (χ4v) is 3.64. The zero-order valence-electron chi connectivity index (χ0n) is 12.9. The van der Waals surface area contributed by atoms with E-state index in [1.165, 1.54) is 31.5 Å². The molecule has 5 nitrogen and oxygen atoms in total. The van der Waals surface area contributed by atoms with Crippen molar-refractivity contribution < 1.29 is 14.4 Å². The van der Waals surface area contributed by atoms with Crippen LogP contribution in [0, 0.1) is 0 Å². The highest BCUT2D eigenvalue weighted by molar-refractivity contribution is 7.16. The molecule has 0 radical (unpaired) electrons. The molecule has 0 atom stereocenters. The Balaban J connectivity index is 1.97. The van der Waals surface area contributed by atoms with Gasteiger partial charge in [0, 0.05) is 34.4 Å². The summed E-state index contributed by atoms with van der Waals surface area (Å²) in [5.41, 5.74) is 0.853. The van der Waals surface area contributed by atoms with Crippen LogP contribution >= 0.6 is 22.9 Å². The third kappa shape index (κ3) is 2.74. The highest BCUT2D eigenvalue weighted by Gasteiger charge is 2.37. The van der Waals surface area contributed by atoms with Gasteiger partial charge in [-0.1, -0.05) is 29.8 Å². The van der Waals surface area contributed by atoms with Crippen LogP contribution in [0.25, 0.3) is 16.5 Å². The molecule has 4 amide bonds. The maximum Gasteiger partial charge on any atom is 0.333 e. The first-order chi connectivity index (χ1) is 11.4. The Kier molecular flexibility index (Phi) is 4.26. The van der Waals surface area contributed by atoms with Gasteiger partial charge in [-0.25, -0.2) is 4.79 Å². The molecule has 7 heteroatoms. The van der Waals surface area contributed by atoms with Gasteiger partial charge in [0.25, 0.3) is 11.8 Å². The molecule has 0 saturated carbocycles. The summed E-state index contributed by atoms with van der Waals surface area (Å²) in [7, 11) is 2.70. The van der Waals surface area contributed by atoms with Crippen molar-refractivity contribution in [3.63, 3.8) is 0 Å². The zero-order valence-corrected chi connectivity index (χ0v) is 14.5. The molecule has 122 valence electrons. The SMILES string of the molecule is CN1C(=O)C(=Cc2ccc(-c3ccccc3Cl)s2)C(=O)N(C)C1=O. The van der Waals surface area contributed by atoms with Gasteiger partial charge in [0.15, 0.2) is 0 Å². The second-order valence-corrected chi connectivity index (χ2v) is 6.77. The first-order valence-electron chi connectivity index (χ1n) is 7.06. The van der Waals surface area contributed by atoms with E-state index in [0.717, 1.165) is 25.1 Å². The smallest absolute Gasteiger partial charge is 0.268 e. The lowest BCUT2D eigenvalue weighted by Gasteiger charge is -2.28. The average Bonchev–Trinajstić information content (AvgIpc) is 3.04. The number of amides is 4. The van der Waals surface area contributed by atoms with Crippen LogP contribution < -0.4 is 0 Å². The van der Waals surface area contributed by atoms with Gasteiger partial charge in [0.1, 0.15) is 5.57 Å². The topological polar surface area (TPSA) is 57.7 Å². The van der Waals surface area contributed by atoms with Gasteiger partial charge in [-0.15, -0.1) is 11.3 Å². The van der Waals surface area contributed by atoms with E-state index in [2.05, 4.69) is 0 Å². The summed E-state index contributed by atoms with van der Waals surface area (Å²) in [6.07, 6.45) is 1.51. The van der Waals surface area contributed by atoms with Crippen LogP contribution in [0.2, 0.25) is 5.02 Å². The van der Waals surface area contributed by atoms with Crippen LogP contribution in [-0.4, -0.2) is 41.7 Å². The summed E-state index contributed by atoms with van der Waals surface area (Å²) >= 11 is 7.61. The Morgan fingerprint density at radius 3 is 2.21 bits per heavy atom. The first-order valence-corrected chi connectivity index (χ1v) is 8.26. The van der Waals surface area contributed by atoms with E-state index in [-0.39, 0.29) is 5.57 Å². The van der Waals surface area contributed by atoms with E-state index >= 15 is 0 Å². The largest absolute Gasteiger partial charge is 0.333 e. The van der Waals surface area contributed by atoms with Gasteiger partial charge >= 0.3 is 6.03 Å². The van der Waals surface area contributed by atoms with Crippen molar-refractivity contribution in [3.8, 4) is 10.4 Å². The van der Waals surface area contributed by atoms with E-state index in [9.17, 15) is 14.4 Å². The lowest BCUT2D eigenvalue weighted by molar-refractivity contribution is -0.134. The van der Waals surface area contributed by atoms with Crippen LogP contribution in [0.1, 0.15) is 4.88 Å². The summed E-state index contributed by atoms with van der Waals surface area (Å²) in [6, 6.07) is 10.5. The molecular weight excluding hydrogens is 348 g/mol. The van der Waals surface area contributed by atoms with Crippen molar-refractivity contribution in [2.75, 3.05) is 14.1 Å². The number of halogens is 1. The minimum Gasteiger partial charge on any atom is -0.268 e. The number of carbonyl (C=O) groups excluding carboxylic acids is 3. The van der Waals surface area contributed by atoms with E-state index in [1.54, 1.807) is 6.07 Å². The summed E-state index contributed by atoms with van der Waals surface area (Å²) < 4.78 is 0. The molecule has 1 aromatic heterocycles. The highest BCUT2D eigenvalue weighted by atomic mass is 35.5. The molecule has 1 saturated heterocycles. The number of nitrogens with zero attached hydrogens (tertiary/aromatic N) is 2. The van der Waals surface area contributed by atoms with Crippen LogP contribution in [0.3, 0.4) is 0 Å². The molecule has 2 heterocycles. The van der Waals surface area contributed by atoms with Gasteiger partial charge in [0.2, 0.25) is 0 Å². The van der Waals surface area contributed by atoms with E-state index in [4.69, 9.17) is 11.6 Å². The predicted octanol–water partition coefficient (Wildman–Crippen LogP) is 3.50. The van der Waals surface area contributed by atoms with Crippen molar-refractivity contribution in [3.05, 3.63) is 51.9 Å². The molecule has 2 aromatic rings. The Morgan fingerprint density at radius 2 is 1.58 bits per heavy atom. The first kappa shape index (κ1) is 16.4. The van der Waals surface area contributed by atoms with Crippen LogP contribution in [0.15, 0.2) is 42.0 Å². The van der Waals surface area contributed by atoms with Gasteiger partial charge < -0.3 is 0 Å². The number of hydrogen-bond donors (Lipinski definition) is 0. The Bertz CT molecular complexity index is 861. The third-order valence-electron chi connectivity index (χ3n) is 3.70. The Morgan fingerprint density at radius 1 is 0.958 bits per heavy atom. The number of barbiturate groups is 1. The van der Waals surface area contributed by atoms with Gasteiger partial charge in [-0.2, -0.15) is 0 Å². The van der Waals surface area contributed by atoms with Crippen molar-refractivity contribution in [1.82, 2.24) is 9.80 Å². The van der Waals surface area contributed by atoms with Gasteiger partial charge in [-0.3, -0.25) is 19.4 Å². The van der Waals surface area contributed by atoms with Crippen molar-refractivity contribution in [1.29, 1.82) is 0 Å². The fraction of sp³-hybridized carbons (Fsp3) is 0.118. The Labute approximate surface area is 147 Å². The number of benzene rings is 1. The van der Waals surface area contributed by atoms with E-state index < -0.39 is 17.8 Å². The fourth-order valence-electron chi connectivity index (χ4n) is 2.35. The summed E-state index contributed by atoms with van der Waals surface area (Å²) in [5.74, 6) is -1.20. The molecule has 1 fully saturated rings. The number of hydrogen-bond acceptors (Lipinski definition) is 4. The molecule has 3 rings (SSSR count). The molecule has 0 bridgehead atoms. The van der Waals surface area contributed by atoms with Crippen molar-refractivity contribution >= 4 is 46.9 Å². The standard InChI is InChI=1S/C17H13ClN2O3S/c1-19-15(21)12(16(22)20(2)17(19)23)9-10-7-8-14(24-10)11-5-3-4-6-13(11)18/h3-9H,1-2H3. The molecule has 1 aliphatic rings. The molecule has 0 unspecified atom stereocenters. The van der Waals surface area contributed by atoms with Gasteiger partial charge in [0.05, 0.1) is 0 Å². The molecule has 1 aromatic carbocycles. The van der Waals surface area contributed by atoms with Crippen LogP contribution in [0.5, 0.6) is 0 Å². The number of imide groups is 2. The normalized spacial score (nSPS) is 15.3. The number of likely N-dealkylation sites (N-methyl/N-ethyl adjacent to an activating group) is 2. The number of rotatable bonds is 2. The molecule has 0 spiro atoms. The second-order valence-electron chi connectivity index (χ2n) is 5.25. The second kappa shape index (κ2) is 6.22. The van der Waals surface area contributed by atoms with Crippen molar-refractivity contribution in [2.45, 2.75) is 0 Å². The zero-order chi connectivity index (χ0) is 17.4. The van der Waals surface area contributed by atoms with E-state index in [1.807, 2.05) is 30.3 Å². The summed E-state index contributed by atoms with van der Waals surface area (Å²) in [4.78, 5) is 39.7. The predicted molar refractivity (Wildman–Crippen MR) is 93.7 cm³/mol. The molecule has 0 N–H and O–H groups in total. The minimum absolute atomic E-state index is 0.0350. The van der Waals surface area contributed by atoms with Gasteiger partial charge in [-0.05, 0) is 24.3 Å². The highest BCUT2D eigenvalue weighted by Crippen LogP contribution is 2.34. The minimum atomic E-state index is -0.634. The number of urea groups is 1. The number of carbonyl (C=O) groups is 3. The van der Waals surface area contributed by atoms with Crippen LogP contribution in [0.4, 0.5) is 4.79 Å². The monoisotopic (exact) mass is 360 g/mol. The Hall–Kier alpha value is -2.44. The summed E-state index contributed by atoms with van der Waals surface area (Å²) in [6.45, 7) is 0. The summed E-state index contributed by atoms with van der Waals surface area (Å²) in [5, 5.41) is 0.633. The quantitative estimate of drug-likeness (QED) is 0.608. The maximum atomic E-state index is 12.2. The van der Waals surface area contributed by atoms with Crippen LogP contribution in [-0.2, 0) is 9.59 Å². The maximum absolute atomic E-state index is 12.2. The molecule has 0 aliphatic carbocycles. The number of thiophene rings is 1.